The molecule has 322 valence electrons. The molecule has 58 heavy (non-hydrogen) atoms. The summed E-state index contributed by atoms with van der Waals surface area (Å²) in [6.07, 6.45) is 4.45. The van der Waals surface area contributed by atoms with Crippen LogP contribution in [0.3, 0.4) is 0 Å². The van der Waals surface area contributed by atoms with Crippen molar-refractivity contribution in [2.45, 2.75) is 148 Å². The fraction of sp³-hybridized carbons (Fsp3) is 0.721. The summed E-state index contributed by atoms with van der Waals surface area (Å²) >= 11 is 0. The van der Waals surface area contributed by atoms with Gasteiger partial charge in [-0.2, -0.15) is 0 Å². The number of fused-ring (bicyclic) bond motifs is 1. The molecule has 2 aromatic heterocycles. The quantitative estimate of drug-likeness (QED) is 0.184. The van der Waals surface area contributed by atoms with Gasteiger partial charge in [0.05, 0.1) is 35.9 Å². The van der Waals surface area contributed by atoms with Gasteiger partial charge >= 0.3 is 12.1 Å². The van der Waals surface area contributed by atoms with Crippen molar-refractivity contribution in [2.75, 3.05) is 27.7 Å². The summed E-state index contributed by atoms with van der Waals surface area (Å²) in [7, 11) is 5.24. The number of rotatable bonds is 11. The van der Waals surface area contributed by atoms with Gasteiger partial charge in [-0.05, 0) is 86.0 Å². The Morgan fingerprint density at radius 2 is 1.72 bits per heavy atom. The van der Waals surface area contributed by atoms with E-state index >= 15 is 0 Å². The van der Waals surface area contributed by atoms with Crippen molar-refractivity contribution in [3.05, 3.63) is 37.1 Å². The van der Waals surface area contributed by atoms with Crippen molar-refractivity contribution in [3.8, 4) is 11.3 Å². The minimum absolute atomic E-state index is 0.130. The summed E-state index contributed by atoms with van der Waals surface area (Å²) in [6.45, 7) is 14.9. The highest BCUT2D eigenvalue weighted by atomic mass is 16.7. The molecule has 0 bridgehead atoms. The van der Waals surface area contributed by atoms with E-state index in [1.807, 2.05) is 62.7 Å². The Balaban J connectivity index is 1.43. The molecule has 0 saturated carbocycles. The highest BCUT2D eigenvalue weighted by molar-refractivity contribution is 6.00. The molecule has 0 spiro atoms. The number of methoxy groups -OCH3 is 1. The monoisotopic (exact) mass is 811 g/mol. The van der Waals surface area contributed by atoms with Gasteiger partial charge in [0, 0.05) is 68.1 Å². The summed E-state index contributed by atoms with van der Waals surface area (Å²) in [6, 6.07) is 2.74. The van der Waals surface area contributed by atoms with Crippen LogP contribution in [-0.4, -0.2) is 135 Å². The number of carbonyl (C=O) groups is 4. The molecule has 3 aliphatic rings. The third-order valence-electron chi connectivity index (χ3n) is 12.8. The van der Waals surface area contributed by atoms with Crippen molar-refractivity contribution in [1.82, 2.24) is 24.3 Å². The van der Waals surface area contributed by atoms with Gasteiger partial charge in [-0.1, -0.05) is 27.7 Å². The molecule has 1 amide bonds. The molecule has 15 nitrogen and oxygen atoms in total. The number of ketones is 2. The number of esters is 1. The van der Waals surface area contributed by atoms with Gasteiger partial charge in [0.1, 0.15) is 23.9 Å². The molecule has 0 aromatic carbocycles. The minimum Gasteiger partial charge on any atom is -0.458 e. The van der Waals surface area contributed by atoms with Gasteiger partial charge in [-0.25, -0.2) is 9.78 Å². The number of aliphatic hydroxyl groups is 1. The number of nitrogens with zero attached hydrogens (tertiary/aromatic N) is 5. The topological polar surface area (TPSA) is 172 Å². The molecule has 2 unspecified atom stereocenters. The van der Waals surface area contributed by atoms with Crippen LogP contribution in [0.15, 0.2) is 37.1 Å². The third-order valence-corrected chi connectivity index (χ3v) is 12.8. The lowest BCUT2D eigenvalue weighted by molar-refractivity contribution is -0.295. The SMILES string of the molecule is CCC1OC(=O)[C@H](C)C(=O)[C@H](C)[C@@H](OC2O[C@H](C)C[C@H](N(C)C)[C@H]2O)[C@](C)(OC)C[C@@H](C)C(=O)[C@H](C)[C@H]2N(CCCCn3cnc(-c4cccnc4)c3)C(=O)O[C@@]12C. The normalized spacial score (nSPS) is 36.7. The highest BCUT2D eigenvalue weighted by Gasteiger charge is 2.60. The number of imidazole rings is 1. The van der Waals surface area contributed by atoms with Crippen LogP contribution in [0.5, 0.6) is 0 Å². The van der Waals surface area contributed by atoms with E-state index in [2.05, 4.69) is 9.97 Å². The largest absolute Gasteiger partial charge is 0.458 e. The second kappa shape index (κ2) is 18.7. The van der Waals surface area contributed by atoms with Crippen molar-refractivity contribution in [3.63, 3.8) is 0 Å². The van der Waals surface area contributed by atoms with E-state index < -0.39 is 83.4 Å². The van der Waals surface area contributed by atoms with E-state index in [1.165, 1.54) is 14.0 Å². The zero-order valence-electron chi connectivity index (χ0n) is 36.1. The molecule has 13 atom stereocenters. The van der Waals surface area contributed by atoms with Crippen LogP contribution in [0.2, 0.25) is 0 Å². The third kappa shape index (κ3) is 9.33. The van der Waals surface area contributed by atoms with Crippen LogP contribution in [0.25, 0.3) is 11.3 Å². The maximum absolute atomic E-state index is 14.7. The lowest BCUT2D eigenvalue weighted by atomic mass is 9.73. The van der Waals surface area contributed by atoms with Gasteiger partial charge in [0.2, 0.25) is 0 Å². The fourth-order valence-electron chi connectivity index (χ4n) is 9.43. The van der Waals surface area contributed by atoms with Crippen molar-refractivity contribution in [2.24, 2.45) is 23.7 Å². The number of carbonyl (C=O) groups excluding carboxylic acids is 4. The second-order valence-corrected chi connectivity index (χ2v) is 17.3. The summed E-state index contributed by atoms with van der Waals surface area (Å²) in [4.78, 5) is 69.0. The molecule has 0 aliphatic carbocycles. The van der Waals surface area contributed by atoms with Crippen molar-refractivity contribution < 1.29 is 48.0 Å². The van der Waals surface area contributed by atoms with Crippen LogP contribution in [0.1, 0.15) is 87.5 Å². The van der Waals surface area contributed by atoms with Crippen molar-refractivity contribution in [1.29, 1.82) is 0 Å². The number of pyridine rings is 1. The Morgan fingerprint density at radius 3 is 2.36 bits per heavy atom. The van der Waals surface area contributed by atoms with E-state index in [9.17, 15) is 24.3 Å². The zero-order valence-corrected chi connectivity index (χ0v) is 36.1. The summed E-state index contributed by atoms with van der Waals surface area (Å²) in [5.74, 6) is -4.95. The van der Waals surface area contributed by atoms with Crippen molar-refractivity contribution >= 4 is 23.6 Å². The van der Waals surface area contributed by atoms with Gasteiger partial charge in [-0.3, -0.25) is 19.4 Å². The maximum Gasteiger partial charge on any atom is 0.410 e. The first-order valence-corrected chi connectivity index (χ1v) is 20.8. The number of ether oxygens (including phenoxy) is 5. The molecule has 5 heterocycles. The maximum atomic E-state index is 14.7. The summed E-state index contributed by atoms with van der Waals surface area (Å²) < 4.78 is 33.2. The molecule has 2 aromatic rings. The number of aryl methyl sites for hydroxylation is 1. The van der Waals surface area contributed by atoms with Gasteiger partial charge < -0.3 is 43.2 Å². The Labute approximate surface area is 343 Å². The first-order valence-electron chi connectivity index (χ1n) is 20.8. The van der Waals surface area contributed by atoms with Gasteiger partial charge in [-0.15, -0.1) is 0 Å². The summed E-state index contributed by atoms with van der Waals surface area (Å²) in [5, 5.41) is 11.4. The number of aromatic nitrogens is 3. The van der Waals surface area contributed by atoms with E-state index in [0.29, 0.717) is 32.4 Å². The van der Waals surface area contributed by atoms with Crippen LogP contribution >= 0.6 is 0 Å². The smallest absolute Gasteiger partial charge is 0.410 e. The standard InChI is InChI=1S/C43H65N5O10/c1-12-33-43(8)37(48(41(53)58-43)19-14-13-18-47-23-31(45-24-47)30-16-15-17-44-22-30)27(4)34(49)25(2)21-42(7,54-11)38(28(5)35(50)29(6)39(52)56-33)57-40-36(51)32(46(9)10)20-26(3)55-40/h15-17,22-29,32-33,36-38,40,51H,12-14,18-21H2,1-11H3/t25-,26-,27+,28+,29-,32+,33?,36-,37-,38-,40?,42-,43+/m1/s1. The Morgan fingerprint density at radius 1 is 1.02 bits per heavy atom. The zero-order chi connectivity index (χ0) is 42.7. The van der Waals surface area contributed by atoms with Crippen LogP contribution < -0.4 is 0 Å². The first-order chi connectivity index (χ1) is 27.4. The number of likely N-dealkylation sites (N-methyl/N-ethyl adjacent to an activating group) is 1. The molecule has 5 rings (SSSR count). The number of aliphatic hydroxyl groups excluding tert-OH is 1. The second-order valence-electron chi connectivity index (χ2n) is 17.3. The lowest BCUT2D eigenvalue weighted by Crippen LogP contribution is -2.60. The number of amides is 1. The fourth-order valence-corrected chi connectivity index (χ4v) is 9.43. The Bertz CT molecular complexity index is 1740. The van der Waals surface area contributed by atoms with E-state index in [4.69, 9.17) is 23.7 Å². The molecule has 1 N–H and O–H groups in total. The molecule has 3 fully saturated rings. The Hall–Kier alpha value is -3.76. The predicted octanol–water partition coefficient (Wildman–Crippen LogP) is 4.93. The number of hydrogen-bond donors (Lipinski definition) is 1. The average Bonchev–Trinajstić information content (AvgIpc) is 3.78. The Kier molecular flexibility index (Phi) is 14.6. The lowest BCUT2D eigenvalue weighted by Gasteiger charge is -2.47. The van der Waals surface area contributed by atoms with Crippen LogP contribution in [0, 0.1) is 23.7 Å². The molecular formula is C43H65N5O10. The summed E-state index contributed by atoms with van der Waals surface area (Å²) in [5.41, 5.74) is -0.938. The van der Waals surface area contributed by atoms with Crippen LogP contribution in [-0.2, 0) is 44.6 Å². The minimum atomic E-state index is -1.40. The number of Topliss-reactive ketones (excluding diaryl/α,β-unsaturated/α-hetero) is 2. The number of hydrogen-bond acceptors (Lipinski definition) is 13. The van der Waals surface area contributed by atoms with Crippen LogP contribution in [0.4, 0.5) is 4.79 Å². The van der Waals surface area contributed by atoms with E-state index in [1.54, 1.807) is 51.3 Å². The first kappa shape index (κ1) is 45.3. The average molecular weight is 812 g/mol. The van der Waals surface area contributed by atoms with Gasteiger partial charge in [0.15, 0.2) is 17.7 Å². The molecule has 3 aliphatic heterocycles. The molecule has 0 radical (unpaired) electrons. The predicted molar refractivity (Wildman–Crippen MR) is 214 cm³/mol. The molecule has 3 saturated heterocycles. The van der Waals surface area contributed by atoms with E-state index in [-0.39, 0.29) is 30.8 Å². The van der Waals surface area contributed by atoms with E-state index in [0.717, 1.165) is 11.3 Å². The molecule has 15 heteroatoms. The molecular weight excluding hydrogens is 746 g/mol. The van der Waals surface area contributed by atoms with Gasteiger partial charge in [0.25, 0.3) is 0 Å². The number of unbranched alkanes of at least 4 members (excludes halogenated alkanes) is 1. The number of cyclic esters (lactones) is 1. The highest BCUT2D eigenvalue weighted by Crippen LogP contribution is 2.43.